The summed E-state index contributed by atoms with van der Waals surface area (Å²) in [6.07, 6.45) is 8.80. The fourth-order valence-electron chi connectivity index (χ4n) is 0.423. The molecule has 41 valence electrons. The van der Waals surface area contributed by atoms with Gasteiger partial charge in [0, 0.05) is 0 Å². The van der Waals surface area contributed by atoms with Gasteiger partial charge in [-0.15, -0.1) is 0 Å². The van der Waals surface area contributed by atoms with Gasteiger partial charge in [0.2, 0.25) is 0 Å². The standard InChI is InChI=1S/C7H13/c1-3-5-7-6-4-2/h3H,4,6-7H2,1-2H3. The van der Waals surface area contributed by atoms with Gasteiger partial charge in [0.15, 0.2) is 0 Å². The molecule has 0 aliphatic heterocycles. The van der Waals surface area contributed by atoms with E-state index in [2.05, 4.69) is 13.0 Å². The molecule has 1 radical (unpaired) electrons. The van der Waals surface area contributed by atoms with Gasteiger partial charge in [0.05, 0.1) is 0 Å². The van der Waals surface area contributed by atoms with Gasteiger partial charge in [-0.2, -0.15) is 0 Å². The molecule has 0 heterocycles. The maximum atomic E-state index is 3.12. The van der Waals surface area contributed by atoms with Crippen LogP contribution in [0.25, 0.3) is 0 Å². The molecule has 0 aromatic rings. The highest BCUT2D eigenvalue weighted by Crippen LogP contribution is 1.92. The van der Waals surface area contributed by atoms with E-state index in [1.807, 2.05) is 13.0 Å². The Balaban J connectivity index is 2.69. The molecule has 0 aromatic heterocycles. The number of hydrogen-bond donors (Lipinski definition) is 0. The molecule has 0 nitrogen and oxygen atoms in total. The Hall–Kier alpha value is -0.260. The van der Waals surface area contributed by atoms with Crippen molar-refractivity contribution >= 4 is 0 Å². The first-order valence-electron chi connectivity index (χ1n) is 2.93. The van der Waals surface area contributed by atoms with Crippen LogP contribution in [0, 0.1) is 6.08 Å². The lowest BCUT2D eigenvalue weighted by molar-refractivity contribution is 0.803. The summed E-state index contributed by atoms with van der Waals surface area (Å²) in [5.74, 6) is 0. The fourth-order valence-corrected chi connectivity index (χ4v) is 0.423. The molecule has 0 amide bonds. The van der Waals surface area contributed by atoms with Crippen molar-refractivity contribution in [2.24, 2.45) is 0 Å². The van der Waals surface area contributed by atoms with E-state index in [1.54, 1.807) is 0 Å². The fraction of sp³-hybridized carbons (Fsp3) is 0.714. The van der Waals surface area contributed by atoms with Crippen LogP contribution < -0.4 is 0 Å². The van der Waals surface area contributed by atoms with E-state index >= 15 is 0 Å². The summed E-state index contributed by atoms with van der Waals surface area (Å²) in [4.78, 5) is 0. The number of rotatable bonds is 3. The third-order valence-corrected chi connectivity index (χ3v) is 0.879. The van der Waals surface area contributed by atoms with Crippen LogP contribution in [-0.4, -0.2) is 0 Å². The maximum absolute atomic E-state index is 3.12. The summed E-state index contributed by atoms with van der Waals surface area (Å²) in [6.45, 7) is 4.20. The molecule has 0 aliphatic rings. The minimum absolute atomic E-state index is 1.13. The lowest BCUT2D eigenvalue weighted by Gasteiger charge is -1.83. The Morgan fingerprint density at radius 2 is 2.29 bits per heavy atom. The Bertz CT molecular complexity index is 44.0. The Morgan fingerprint density at radius 3 is 2.71 bits per heavy atom. The van der Waals surface area contributed by atoms with Gasteiger partial charge < -0.3 is 0 Å². The molecule has 0 N–H and O–H groups in total. The normalized spacial score (nSPS) is 10.6. The number of hydrogen-bond acceptors (Lipinski definition) is 0. The monoisotopic (exact) mass is 97.1 g/mol. The molecular formula is C7H13. The summed E-state index contributed by atoms with van der Waals surface area (Å²) in [5, 5.41) is 0. The van der Waals surface area contributed by atoms with Crippen molar-refractivity contribution in [2.75, 3.05) is 0 Å². The second-order valence-corrected chi connectivity index (χ2v) is 1.60. The van der Waals surface area contributed by atoms with Crippen molar-refractivity contribution in [3.8, 4) is 0 Å². The summed E-state index contributed by atoms with van der Waals surface area (Å²) in [7, 11) is 0. The van der Waals surface area contributed by atoms with Crippen molar-refractivity contribution in [3.05, 3.63) is 12.2 Å². The third kappa shape index (κ3) is 5.74. The molecule has 0 spiro atoms. The Labute approximate surface area is 46.2 Å². The zero-order valence-corrected chi connectivity index (χ0v) is 5.20. The second kappa shape index (κ2) is 5.74. The average molecular weight is 97.2 g/mol. The van der Waals surface area contributed by atoms with Gasteiger partial charge >= 0.3 is 0 Å². The lowest BCUT2D eigenvalue weighted by Crippen LogP contribution is -1.64. The molecule has 7 heavy (non-hydrogen) atoms. The zero-order valence-electron chi connectivity index (χ0n) is 5.20. The van der Waals surface area contributed by atoms with Crippen LogP contribution in [-0.2, 0) is 0 Å². The van der Waals surface area contributed by atoms with Gasteiger partial charge in [-0.05, 0) is 25.8 Å². The molecule has 0 aliphatic carbocycles. The molecule has 0 rings (SSSR count). The van der Waals surface area contributed by atoms with E-state index in [0.717, 1.165) is 6.42 Å². The van der Waals surface area contributed by atoms with Gasteiger partial charge in [-0.1, -0.05) is 19.4 Å². The quantitative estimate of drug-likeness (QED) is 0.475. The SMILES string of the molecule is C/C=[C]/CCCC. The first-order valence-corrected chi connectivity index (χ1v) is 2.93. The van der Waals surface area contributed by atoms with E-state index in [-0.39, 0.29) is 0 Å². The summed E-state index contributed by atoms with van der Waals surface area (Å²) in [5.41, 5.74) is 0. The van der Waals surface area contributed by atoms with Crippen molar-refractivity contribution < 1.29 is 0 Å². The van der Waals surface area contributed by atoms with Crippen LogP contribution in [0.5, 0.6) is 0 Å². The summed E-state index contributed by atoms with van der Waals surface area (Å²) in [6, 6.07) is 0. The topological polar surface area (TPSA) is 0 Å². The summed E-state index contributed by atoms with van der Waals surface area (Å²) < 4.78 is 0. The van der Waals surface area contributed by atoms with Crippen molar-refractivity contribution in [2.45, 2.75) is 33.1 Å². The van der Waals surface area contributed by atoms with Crippen LogP contribution in [0.4, 0.5) is 0 Å². The van der Waals surface area contributed by atoms with E-state index in [1.165, 1.54) is 12.8 Å². The lowest BCUT2D eigenvalue weighted by atomic mass is 10.2. The van der Waals surface area contributed by atoms with E-state index < -0.39 is 0 Å². The van der Waals surface area contributed by atoms with Gasteiger partial charge in [-0.25, -0.2) is 0 Å². The third-order valence-electron chi connectivity index (χ3n) is 0.879. The van der Waals surface area contributed by atoms with Crippen LogP contribution in [0.15, 0.2) is 6.08 Å². The first-order chi connectivity index (χ1) is 3.41. The zero-order chi connectivity index (χ0) is 5.54. The molecule has 0 saturated heterocycles. The highest BCUT2D eigenvalue weighted by atomic mass is 13.8. The molecule has 0 aromatic carbocycles. The highest BCUT2D eigenvalue weighted by Gasteiger charge is 1.73. The van der Waals surface area contributed by atoms with Gasteiger partial charge in [0.1, 0.15) is 0 Å². The minimum Gasteiger partial charge on any atom is -0.0842 e. The minimum atomic E-state index is 1.13. The smallest absolute Gasteiger partial charge is 0.0280 e. The van der Waals surface area contributed by atoms with E-state index in [0.29, 0.717) is 0 Å². The molecular weight excluding hydrogens is 84.1 g/mol. The molecule has 0 fully saturated rings. The second-order valence-electron chi connectivity index (χ2n) is 1.60. The molecule has 0 bridgehead atoms. The number of allylic oxidation sites excluding steroid dienone is 2. The van der Waals surface area contributed by atoms with Crippen LogP contribution in [0.3, 0.4) is 0 Å². The number of unbranched alkanes of at least 4 members (excludes halogenated alkanes) is 2. The highest BCUT2D eigenvalue weighted by molar-refractivity contribution is 4.65. The Kier molecular flexibility index (Phi) is 5.53. The molecule has 0 unspecified atom stereocenters. The van der Waals surface area contributed by atoms with Crippen LogP contribution >= 0.6 is 0 Å². The van der Waals surface area contributed by atoms with Crippen molar-refractivity contribution in [3.63, 3.8) is 0 Å². The van der Waals surface area contributed by atoms with Crippen molar-refractivity contribution in [1.82, 2.24) is 0 Å². The largest absolute Gasteiger partial charge is 0.0842 e. The first kappa shape index (κ1) is 6.74. The van der Waals surface area contributed by atoms with Crippen LogP contribution in [0.2, 0.25) is 0 Å². The van der Waals surface area contributed by atoms with Gasteiger partial charge in [0.25, 0.3) is 0 Å². The van der Waals surface area contributed by atoms with Gasteiger partial charge in [-0.3, -0.25) is 0 Å². The molecule has 0 heteroatoms. The maximum Gasteiger partial charge on any atom is -0.0280 e. The predicted molar refractivity (Wildman–Crippen MR) is 33.0 cm³/mol. The molecule has 0 atom stereocenters. The average Bonchev–Trinajstić information content (AvgIpc) is 1.69. The predicted octanol–water partition coefficient (Wildman–Crippen LogP) is 2.56. The van der Waals surface area contributed by atoms with E-state index in [4.69, 9.17) is 0 Å². The van der Waals surface area contributed by atoms with Crippen molar-refractivity contribution in [1.29, 1.82) is 0 Å². The summed E-state index contributed by atoms with van der Waals surface area (Å²) >= 11 is 0. The Morgan fingerprint density at radius 1 is 1.57 bits per heavy atom. The molecule has 0 saturated carbocycles. The van der Waals surface area contributed by atoms with Crippen LogP contribution in [0.1, 0.15) is 33.1 Å². The van der Waals surface area contributed by atoms with E-state index in [9.17, 15) is 0 Å².